The summed E-state index contributed by atoms with van der Waals surface area (Å²) in [5.74, 6) is -0.573. The first-order chi connectivity index (χ1) is 14.5. The lowest BCUT2D eigenvalue weighted by molar-refractivity contribution is 0.0825. The first-order valence-electron chi connectivity index (χ1n) is 10.1. The number of benzene rings is 2. The van der Waals surface area contributed by atoms with Crippen molar-refractivity contribution < 1.29 is 13.9 Å². The summed E-state index contributed by atoms with van der Waals surface area (Å²) < 4.78 is 19.2. The van der Waals surface area contributed by atoms with Gasteiger partial charge in [-0.3, -0.25) is 4.79 Å². The van der Waals surface area contributed by atoms with E-state index in [0.717, 1.165) is 28.6 Å². The number of rotatable bonds is 4. The predicted octanol–water partition coefficient (Wildman–Crippen LogP) is 5.49. The van der Waals surface area contributed by atoms with Crippen molar-refractivity contribution in [1.82, 2.24) is 9.88 Å². The van der Waals surface area contributed by atoms with Crippen molar-refractivity contribution in [3.8, 4) is 0 Å². The Balaban J connectivity index is 1.77. The van der Waals surface area contributed by atoms with Gasteiger partial charge in [-0.2, -0.15) is 0 Å². The molecule has 0 saturated carbocycles. The SMILES string of the molecule is CCC(C)OC(=S)C1=CN(C(=O)c2ccc(F)cc2)CCc2c1[nH]c1ccccc21. The fourth-order valence-corrected chi connectivity index (χ4v) is 3.93. The van der Waals surface area contributed by atoms with E-state index in [0.29, 0.717) is 29.2 Å². The number of hydrogen-bond donors (Lipinski definition) is 1. The second-order valence-electron chi connectivity index (χ2n) is 7.45. The minimum absolute atomic E-state index is 0.0317. The number of para-hydroxylation sites is 1. The molecular weight excluding hydrogens is 399 g/mol. The van der Waals surface area contributed by atoms with Crippen molar-refractivity contribution >= 4 is 39.7 Å². The third kappa shape index (κ3) is 3.87. The number of amides is 1. The van der Waals surface area contributed by atoms with E-state index in [-0.39, 0.29) is 17.8 Å². The van der Waals surface area contributed by atoms with E-state index < -0.39 is 0 Å². The number of aromatic nitrogens is 1. The van der Waals surface area contributed by atoms with Crippen molar-refractivity contribution in [2.24, 2.45) is 0 Å². The van der Waals surface area contributed by atoms with E-state index in [9.17, 15) is 9.18 Å². The topological polar surface area (TPSA) is 45.3 Å². The number of H-pyrrole nitrogens is 1. The minimum atomic E-state index is -0.372. The minimum Gasteiger partial charge on any atom is -0.480 e. The van der Waals surface area contributed by atoms with Gasteiger partial charge in [-0.15, -0.1) is 0 Å². The highest BCUT2D eigenvalue weighted by molar-refractivity contribution is 7.81. The van der Waals surface area contributed by atoms with Crippen LogP contribution in [0, 0.1) is 5.82 Å². The molecule has 0 radical (unpaired) electrons. The quantitative estimate of drug-likeness (QED) is 0.566. The first-order valence-corrected chi connectivity index (χ1v) is 10.5. The number of thiocarbonyl (C=S) groups is 1. The summed E-state index contributed by atoms with van der Waals surface area (Å²) in [7, 11) is 0. The first kappa shape index (κ1) is 20.3. The maximum Gasteiger partial charge on any atom is 0.257 e. The number of halogens is 1. The second kappa shape index (κ2) is 8.40. The van der Waals surface area contributed by atoms with Gasteiger partial charge in [0.1, 0.15) is 5.82 Å². The van der Waals surface area contributed by atoms with Crippen LogP contribution in [-0.2, 0) is 11.2 Å². The summed E-state index contributed by atoms with van der Waals surface area (Å²) >= 11 is 5.63. The molecule has 30 heavy (non-hydrogen) atoms. The molecule has 1 amide bonds. The Kier molecular flexibility index (Phi) is 5.68. The molecule has 3 aromatic rings. The Hall–Kier alpha value is -2.99. The number of carbonyl (C=O) groups excluding carboxylic acids is 1. The van der Waals surface area contributed by atoms with Crippen LogP contribution in [-0.4, -0.2) is 33.5 Å². The average molecular weight is 423 g/mol. The largest absolute Gasteiger partial charge is 0.480 e. The molecule has 1 N–H and O–H groups in total. The Bertz CT molecular complexity index is 1130. The number of fused-ring (bicyclic) bond motifs is 3. The van der Waals surface area contributed by atoms with Crippen LogP contribution < -0.4 is 0 Å². The molecule has 2 aromatic carbocycles. The molecule has 1 aromatic heterocycles. The van der Waals surface area contributed by atoms with Crippen LogP contribution in [0.5, 0.6) is 0 Å². The zero-order valence-electron chi connectivity index (χ0n) is 16.9. The van der Waals surface area contributed by atoms with E-state index in [1.54, 1.807) is 11.1 Å². The molecule has 0 saturated heterocycles. The van der Waals surface area contributed by atoms with Gasteiger partial charge in [-0.1, -0.05) is 25.1 Å². The molecule has 0 fully saturated rings. The highest BCUT2D eigenvalue weighted by Gasteiger charge is 2.26. The van der Waals surface area contributed by atoms with E-state index in [2.05, 4.69) is 11.1 Å². The lowest BCUT2D eigenvalue weighted by Crippen LogP contribution is -2.28. The van der Waals surface area contributed by atoms with Gasteiger partial charge in [0.2, 0.25) is 0 Å². The van der Waals surface area contributed by atoms with Crippen LogP contribution in [0.1, 0.15) is 41.9 Å². The molecule has 1 aliphatic rings. The second-order valence-corrected chi connectivity index (χ2v) is 7.82. The fourth-order valence-electron chi connectivity index (χ4n) is 3.61. The number of nitrogens with one attached hydrogen (secondary N) is 1. The molecule has 0 bridgehead atoms. The third-order valence-electron chi connectivity index (χ3n) is 5.43. The standard InChI is InChI=1S/C24H23FN2O2S/c1-3-15(2)29-24(30)20-14-27(23(28)16-8-10-17(25)11-9-16)13-12-19-18-6-4-5-7-21(18)26-22(19)20/h4-11,14-15,26H,3,12-13H2,1-2H3. The van der Waals surface area contributed by atoms with E-state index >= 15 is 0 Å². The van der Waals surface area contributed by atoms with Crippen LogP contribution in [0.3, 0.4) is 0 Å². The van der Waals surface area contributed by atoms with Gasteiger partial charge in [0.05, 0.1) is 17.4 Å². The monoisotopic (exact) mass is 422 g/mol. The number of hydrogen-bond acceptors (Lipinski definition) is 3. The lowest BCUT2D eigenvalue weighted by Gasteiger charge is -2.19. The third-order valence-corrected chi connectivity index (χ3v) is 5.74. The summed E-state index contributed by atoms with van der Waals surface area (Å²) in [6.45, 7) is 4.49. The Morgan fingerprint density at radius 1 is 1.23 bits per heavy atom. The number of nitrogens with zero attached hydrogens (tertiary/aromatic N) is 1. The lowest BCUT2D eigenvalue weighted by atomic mass is 10.0. The molecule has 0 aliphatic carbocycles. The number of ether oxygens (including phenoxy) is 1. The zero-order valence-corrected chi connectivity index (χ0v) is 17.8. The maximum absolute atomic E-state index is 13.3. The molecule has 1 aliphatic heterocycles. The van der Waals surface area contributed by atoms with Crippen molar-refractivity contribution in [2.45, 2.75) is 32.8 Å². The molecule has 1 atom stereocenters. The van der Waals surface area contributed by atoms with Crippen LogP contribution in [0.2, 0.25) is 0 Å². The average Bonchev–Trinajstić information content (AvgIpc) is 3.01. The smallest absolute Gasteiger partial charge is 0.257 e. The molecule has 4 rings (SSSR count). The predicted molar refractivity (Wildman–Crippen MR) is 121 cm³/mol. The normalized spacial score (nSPS) is 14.6. The van der Waals surface area contributed by atoms with Crippen molar-refractivity contribution in [2.75, 3.05) is 6.54 Å². The Labute approximate surface area is 180 Å². The maximum atomic E-state index is 13.3. The Morgan fingerprint density at radius 2 is 1.97 bits per heavy atom. The van der Waals surface area contributed by atoms with Crippen molar-refractivity contribution in [3.05, 3.63) is 77.4 Å². The summed E-state index contributed by atoms with van der Waals surface area (Å²) in [5.41, 5.74) is 4.14. The molecular formula is C24H23FN2O2S. The number of carbonyl (C=O) groups is 1. The van der Waals surface area contributed by atoms with Crippen LogP contribution in [0.15, 0.2) is 54.7 Å². The molecule has 6 heteroatoms. The fraction of sp³-hybridized carbons (Fsp3) is 0.250. The van der Waals surface area contributed by atoms with Gasteiger partial charge in [0.25, 0.3) is 5.91 Å². The van der Waals surface area contributed by atoms with Crippen LogP contribution in [0.25, 0.3) is 16.5 Å². The molecule has 154 valence electrons. The van der Waals surface area contributed by atoms with Gasteiger partial charge in [-0.25, -0.2) is 4.39 Å². The van der Waals surface area contributed by atoms with Crippen LogP contribution in [0.4, 0.5) is 4.39 Å². The summed E-state index contributed by atoms with van der Waals surface area (Å²) in [6, 6.07) is 13.7. The van der Waals surface area contributed by atoms with Gasteiger partial charge in [-0.05, 0) is 67.9 Å². The van der Waals surface area contributed by atoms with Gasteiger partial charge < -0.3 is 14.6 Å². The van der Waals surface area contributed by atoms with E-state index in [1.807, 2.05) is 32.0 Å². The van der Waals surface area contributed by atoms with Crippen molar-refractivity contribution in [3.63, 3.8) is 0 Å². The van der Waals surface area contributed by atoms with Crippen LogP contribution >= 0.6 is 12.2 Å². The highest BCUT2D eigenvalue weighted by atomic mass is 32.1. The highest BCUT2D eigenvalue weighted by Crippen LogP contribution is 2.32. The number of aromatic amines is 1. The molecule has 2 heterocycles. The molecule has 1 unspecified atom stereocenters. The van der Waals surface area contributed by atoms with E-state index in [4.69, 9.17) is 17.0 Å². The molecule has 4 nitrogen and oxygen atoms in total. The van der Waals surface area contributed by atoms with Gasteiger partial charge in [0.15, 0.2) is 5.05 Å². The van der Waals surface area contributed by atoms with Gasteiger partial charge >= 0.3 is 0 Å². The Morgan fingerprint density at radius 3 is 2.70 bits per heavy atom. The summed E-state index contributed by atoms with van der Waals surface area (Å²) in [4.78, 5) is 18.2. The van der Waals surface area contributed by atoms with E-state index in [1.165, 1.54) is 24.3 Å². The molecule has 0 spiro atoms. The zero-order chi connectivity index (χ0) is 21.3. The summed E-state index contributed by atoms with van der Waals surface area (Å²) in [5, 5.41) is 1.47. The van der Waals surface area contributed by atoms with Gasteiger partial charge in [0, 0.05) is 29.2 Å². The summed E-state index contributed by atoms with van der Waals surface area (Å²) in [6.07, 6.45) is 3.22. The van der Waals surface area contributed by atoms with Crippen molar-refractivity contribution in [1.29, 1.82) is 0 Å².